The van der Waals surface area contributed by atoms with Crippen LogP contribution < -0.4 is 10.1 Å². The number of hydrogen-bond donors (Lipinski definition) is 1. The Morgan fingerprint density at radius 3 is 2.81 bits per heavy atom. The number of thiazole rings is 1. The molecule has 4 aromatic rings. The van der Waals surface area contributed by atoms with E-state index in [1.807, 2.05) is 24.3 Å². The van der Waals surface area contributed by atoms with E-state index in [4.69, 9.17) is 16.3 Å². The fourth-order valence-electron chi connectivity index (χ4n) is 2.60. The topological polar surface area (TPSA) is 51.2 Å². The van der Waals surface area contributed by atoms with E-state index in [1.165, 1.54) is 35.8 Å². The molecular weight excluding hydrogens is 407 g/mol. The third-order valence-electron chi connectivity index (χ3n) is 3.91. The van der Waals surface area contributed by atoms with Gasteiger partial charge in [-0.2, -0.15) is 0 Å². The molecule has 0 aliphatic heterocycles. The van der Waals surface area contributed by atoms with Crippen LogP contribution in [0, 0.1) is 5.82 Å². The molecular formula is C19H12ClFN2O2S2. The third-order valence-corrected chi connectivity index (χ3v) is 6.35. The second kappa shape index (κ2) is 7.26. The highest BCUT2D eigenvalue weighted by atomic mass is 35.5. The molecule has 0 aliphatic carbocycles. The number of nitrogens with zero attached hydrogens (tertiary/aromatic N) is 1. The molecule has 0 saturated heterocycles. The van der Waals surface area contributed by atoms with Crippen LogP contribution in [-0.4, -0.2) is 18.0 Å². The predicted octanol–water partition coefficient (Wildman–Crippen LogP) is 6.08. The van der Waals surface area contributed by atoms with Crippen molar-refractivity contribution in [2.45, 2.75) is 0 Å². The minimum atomic E-state index is -0.467. The van der Waals surface area contributed by atoms with Gasteiger partial charge in [0.05, 0.1) is 17.8 Å². The largest absolute Gasteiger partial charge is 0.494 e. The highest BCUT2D eigenvalue weighted by Crippen LogP contribution is 2.36. The van der Waals surface area contributed by atoms with Gasteiger partial charge < -0.3 is 4.74 Å². The number of fused-ring (bicyclic) bond motifs is 1. The highest BCUT2D eigenvalue weighted by Gasteiger charge is 2.18. The fourth-order valence-corrected chi connectivity index (χ4v) is 4.73. The van der Waals surface area contributed by atoms with Crippen LogP contribution in [0.5, 0.6) is 5.75 Å². The molecule has 4 rings (SSSR count). The average molecular weight is 419 g/mol. The summed E-state index contributed by atoms with van der Waals surface area (Å²) in [6.07, 6.45) is 0. The number of rotatable bonds is 4. The zero-order chi connectivity index (χ0) is 19.0. The Kier molecular flexibility index (Phi) is 4.82. The minimum absolute atomic E-state index is 0.168. The van der Waals surface area contributed by atoms with Crippen molar-refractivity contribution in [2.75, 3.05) is 12.4 Å². The van der Waals surface area contributed by atoms with Crippen molar-refractivity contribution in [3.05, 3.63) is 63.6 Å². The van der Waals surface area contributed by atoms with Crippen molar-refractivity contribution in [3.8, 4) is 17.0 Å². The number of hydrogen-bond acceptors (Lipinski definition) is 5. The lowest BCUT2D eigenvalue weighted by molar-refractivity contribution is 0.103. The number of aromatic nitrogens is 1. The second-order valence-electron chi connectivity index (χ2n) is 5.58. The van der Waals surface area contributed by atoms with Gasteiger partial charge in [-0.3, -0.25) is 10.1 Å². The van der Waals surface area contributed by atoms with Crippen LogP contribution in [0.25, 0.3) is 21.3 Å². The van der Waals surface area contributed by atoms with Gasteiger partial charge in [0.25, 0.3) is 5.91 Å². The monoisotopic (exact) mass is 418 g/mol. The van der Waals surface area contributed by atoms with E-state index in [0.717, 1.165) is 10.1 Å². The van der Waals surface area contributed by atoms with E-state index in [2.05, 4.69) is 10.3 Å². The lowest BCUT2D eigenvalue weighted by Gasteiger charge is -2.03. The Balaban J connectivity index is 1.57. The van der Waals surface area contributed by atoms with E-state index in [-0.39, 0.29) is 11.7 Å². The summed E-state index contributed by atoms with van der Waals surface area (Å²) in [5.41, 5.74) is 1.17. The Morgan fingerprint density at radius 1 is 1.26 bits per heavy atom. The van der Waals surface area contributed by atoms with Crippen LogP contribution in [0.15, 0.2) is 47.8 Å². The van der Waals surface area contributed by atoms with E-state index < -0.39 is 5.82 Å². The summed E-state index contributed by atoms with van der Waals surface area (Å²) in [4.78, 5) is 17.4. The van der Waals surface area contributed by atoms with Gasteiger partial charge in [-0.25, -0.2) is 9.37 Å². The highest BCUT2D eigenvalue weighted by molar-refractivity contribution is 7.21. The molecule has 0 bridgehead atoms. The predicted molar refractivity (Wildman–Crippen MR) is 109 cm³/mol. The first-order chi connectivity index (χ1) is 13.1. The molecule has 0 radical (unpaired) electrons. The van der Waals surface area contributed by atoms with Crippen LogP contribution in [0.3, 0.4) is 0 Å². The van der Waals surface area contributed by atoms with Gasteiger partial charge in [0.1, 0.15) is 4.88 Å². The summed E-state index contributed by atoms with van der Waals surface area (Å²) in [7, 11) is 1.41. The molecule has 4 nitrogen and oxygen atoms in total. The normalized spacial score (nSPS) is 10.9. The van der Waals surface area contributed by atoms with Crippen LogP contribution in [0.2, 0.25) is 5.02 Å². The van der Waals surface area contributed by atoms with Crippen LogP contribution in [-0.2, 0) is 0 Å². The standard InChI is InChI=1S/C19H12ClFN2O2S2/c1-25-14-7-6-10(8-12(14)21)13-9-26-19(22-13)23-18(24)17-16(20)11-4-2-3-5-15(11)27-17/h2-9H,1H3,(H,22,23,24). The summed E-state index contributed by atoms with van der Waals surface area (Å²) in [5.74, 6) is -0.615. The number of amides is 1. The molecule has 0 aliphatic rings. The average Bonchev–Trinajstić information content (AvgIpc) is 3.27. The van der Waals surface area contributed by atoms with Crippen molar-refractivity contribution >= 4 is 55.4 Å². The van der Waals surface area contributed by atoms with Gasteiger partial charge in [-0.05, 0) is 24.3 Å². The molecule has 2 heterocycles. The van der Waals surface area contributed by atoms with Gasteiger partial charge in [-0.1, -0.05) is 29.8 Å². The summed E-state index contributed by atoms with van der Waals surface area (Å²) in [6, 6.07) is 12.2. The van der Waals surface area contributed by atoms with Gasteiger partial charge in [-0.15, -0.1) is 22.7 Å². The number of ether oxygens (including phenoxy) is 1. The molecule has 0 fully saturated rings. The summed E-state index contributed by atoms with van der Waals surface area (Å²) < 4.78 is 19.8. The number of methoxy groups -OCH3 is 1. The number of anilines is 1. The molecule has 8 heteroatoms. The summed E-state index contributed by atoms with van der Waals surface area (Å²) in [6.45, 7) is 0. The molecule has 2 aromatic carbocycles. The Labute approximate surface area is 167 Å². The Bertz CT molecular complexity index is 1160. The van der Waals surface area contributed by atoms with Crippen LogP contribution in [0.4, 0.5) is 9.52 Å². The number of halogens is 2. The lowest BCUT2D eigenvalue weighted by Crippen LogP contribution is -2.10. The maximum Gasteiger partial charge on any atom is 0.269 e. The lowest BCUT2D eigenvalue weighted by atomic mass is 10.1. The van der Waals surface area contributed by atoms with E-state index in [1.54, 1.807) is 17.5 Å². The van der Waals surface area contributed by atoms with Crippen LogP contribution in [0.1, 0.15) is 9.67 Å². The van der Waals surface area contributed by atoms with Crippen molar-refractivity contribution < 1.29 is 13.9 Å². The number of carbonyl (C=O) groups is 1. The van der Waals surface area contributed by atoms with Crippen molar-refractivity contribution in [1.29, 1.82) is 0 Å². The van der Waals surface area contributed by atoms with Crippen molar-refractivity contribution in [3.63, 3.8) is 0 Å². The Hall–Kier alpha value is -2.48. The van der Waals surface area contributed by atoms with Gasteiger partial charge in [0, 0.05) is 21.0 Å². The molecule has 0 unspecified atom stereocenters. The Morgan fingerprint density at radius 2 is 2.07 bits per heavy atom. The first-order valence-corrected chi connectivity index (χ1v) is 9.92. The zero-order valence-corrected chi connectivity index (χ0v) is 16.3. The maximum atomic E-state index is 13.9. The smallest absolute Gasteiger partial charge is 0.269 e. The molecule has 1 N–H and O–H groups in total. The SMILES string of the molecule is COc1ccc(-c2csc(NC(=O)c3sc4ccccc4c3Cl)n2)cc1F. The zero-order valence-electron chi connectivity index (χ0n) is 14.0. The van der Waals surface area contributed by atoms with Gasteiger partial charge >= 0.3 is 0 Å². The number of nitrogens with one attached hydrogen (secondary N) is 1. The summed E-state index contributed by atoms with van der Waals surface area (Å²) in [5, 5.41) is 6.22. The number of carbonyl (C=O) groups excluding carboxylic acids is 1. The second-order valence-corrected chi connectivity index (χ2v) is 7.87. The van der Waals surface area contributed by atoms with Gasteiger partial charge in [0.2, 0.25) is 0 Å². The molecule has 0 spiro atoms. The van der Waals surface area contributed by atoms with E-state index in [0.29, 0.717) is 26.3 Å². The van der Waals surface area contributed by atoms with Crippen molar-refractivity contribution in [1.82, 2.24) is 4.98 Å². The van der Waals surface area contributed by atoms with Gasteiger partial charge in [0.15, 0.2) is 16.7 Å². The third kappa shape index (κ3) is 3.41. The first kappa shape index (κ1) is 17.9. The number of benzene rings is 2. The first-order valence-electron chi connectivity index (χ1n) is 7.84. The molecule has 0 saturated carbocycles. The quantitative estimate of drug-likeness (QED) is 0.437. The fraction of sp³-hybridized carbons (Fsp3) is 0.0526. The molecule has 0 atom stereocenters. The molecule has 2 aromatic heterocycles. The molecule has 27 heavy (non-hydrogen) atoms. The number of thiophene rings is 1. The maximum absolute atomic E-state index is 13.9. The van der Waals surface area contributed by atoms with E-state index >= 15 is 0 Å². The van der Waals surface area contributed by atoms with Crippen molar-refractivity contribution in [2.24, 2.45) is 0 Å². The minimum Gasteiger partial charge on any atom is -0.494 e. The summed E-state index contributed by atoms with van der Waals surface area (Å²) >= 11 is 8.93. The van der Waals surface area contributed by atoms with E-state index in [9.17, 15) is 9.18 Å². The molecule has 1 amide bonds. The molecule has 136 valence electrons. The van der Waals surface area contributed by atoms with Crippen LogP contribution >= 0.6 is 34.3 Å².